The molecule has 0 fully saturated rings. The molecule has 1 N–H and O–H groups in total. The molecule has 1 aromatic rings. The highest BCUT2D eigenvalue weighted by Crippen LogP contribution is 1.92. The Hall–Kier alpha value is -1.71. The van der Waals surface area contributed by atoms with E-state index in [1.807, 2.05) is 0 Å². The molecule has 4 heteroatoms. The minimum atomic E-state index is -0.379. The lowest BCUT2D eigenvalue weighted by molar-refractivity contribution is 0.990. The van der Waals surface area contributed by atoms with Crippen LogP contribution in [-0.4, -0.2) is 9.97 Å². The number of aromatic nitrogens is 2. The Kier molecular flexibility index (Phi) is 1.03. The number of hydrogen-bond donors (Lipinski definition) is 1. The standard InChI is InChI=1S/C7H5N3O/c1-4-2-5-3-8-7(11)10-6(5)9-4/h2-3H,1H2,(H,9,10,11). The Labute approximate surface area is 61.6 Å². The van der Waals surface area contributed by atoms with Gasteiger partial charge in [-0.1, -0.05) is 6.58 Å². The van der Waals surface area contributed by atoms with Gasteiger partial charge in [0.15, 0.2) is 0 Å². The molecule has 1 aliphatic heterocycles. The fourth-order valence-corrected chi connectivity index (χ4v) is 0.949. The van der Waals surface area contributed by atoms with Crippen molar-refractivity contribution >= 4 is 6.08 Å². The maximum absolute atomic E-state index is 10.7. The van der Waals surface area contributed by atoms with Crippen LogP contribution in [0.4, 0.5) is 0 Å². The van der Waals surface area contributed by atoms with Crippen LogP contribution in [0.3, 0.4) is 0 Å². The monoisotopic (exact) mass is 147 g/mol. The molecule has 11 heavy (non-hydrogen) atoms. The van der Waals surface area contributed by atoms with Gasteiger partial charge in [-0.2, -0.15) is 0 Å². The molecule has 0 bridgehead atoms. The van der Waals surface area contributed by atoms with Crippen LogP contribution in [0.15, 0.2) is 28.3 Å². The molecule has 0 saturated heterocycles. The van der Waals surface area contributed by atoms with Crippen molar-refractivity contribution in [1.29, 1.82) is 0 Å². The van der Waals surface area contributed by atoms with E-state index in [1.54, 1.807) is 6.08 Å². The van der Waals surface area contributed by atoms with E-state index in [0.717, 1.165) is 5.22 Å². The van der Waals surface area contributed by atoms with Crippen LogP contribution in [-0.2, 0) is 0 Å². The number of H-pyrrole nitrogens is 1. The van der Waals surface area contributed by atoms with Crippen LogP contribution < -0.4 is 16.4 Å². The van der Waals surface area contributed by atoms with Crippen molar-refractivity contribution in [3.05, 3.63) is 39.7 Å². The van der Waals surface area contributed by atoms with E-state index in [0.29, 0.717) is 11.2 Å². The third-order valence-electron chi connectivity index (χ3n) is 1.40. The minimum absolute atomic E-state index is 0.379. The molecule has 0 saturated carbocycles. The van der Waals surface area contributed by atoms with Gasteiger partial charge >= 0.3 is 5.69 Å². The molecule has 2 rings (SSSR count). The second-order valence-electron chi connectivity index (χ2n) is 2.24. The molecule has 2 heterocycles. The number of rotatable bonds is 0. The van der Waals surface area contributed by atoms with Crippen LogP contribution in [0, 0.1) is 0 Å². The summed E-state index contributed by atoms with van der Waals surface area (Å²) < 4.78 is 0. The summed E-state index contributed by atoms with van der Waals surface area (Å²) in [6.45, 7) is 3.63. The molecule has 0 aliphatic carbocycles. The molecule has 1 aliphatic rings. The highest BCUT2D eigenvalue weighted by atomic mass is 16.1. The lowest BCUT2D eigenvalue weighted by Crippen LogP contribution is -2.33. The molecular formula is C7H5N3O. The van der Waals surface area contributed by atoms with Crippen LogP contribution in [0.1, 0.15) is 0 Å². The minimum Gasteiger partial charge on any atom is -0.290 e. The molecule has 0 radical (unpaired) electrons. The van der Waals surface area contributed by atoms with Crippen molar-refractivity contribution < 1.29 is 0 Å². The van der Waals surface area contributed by atoms with Crippen molar-refractivity contribution in [2.75, 3.05) is 0 Å². The predicted molar refractivity (Wildman–Crippen MR) is 39.2 cm³/mol. The molecule has 4 nitrogen and oxygen atoms in total. The smallest absolute Gasteiger partial charge is 0.290 e. The summed E-state index contributed by atoms with van der Waals surface area (Å²) in [5, 5.41) is 0.814. The van der Waals surface area contributed by atoms with Crippen LogP contribution in [0.2, 0.25) is 0 Å². The summed E-state index contributed by atoms with van der Waals surface area (Å²) in [6, 6.07) is 0. The van der Waals surface area contributed by atoms with Gasteiger partial charge in [0, 0.05) is 11.4 Å². The molecule has 0 amide bonds. The van der Waals surface area contributed by atoms with Crippen molar-refractivity contribution in [1.82, 2.24) is 9.97 Å². The first-order valence-corrected chi connectivity index (χ1v) is 3.10. The Bertz CT molecular complexity index is 483. The van der Waals surface area contributed by atoms with Crippen molar-refractivity contribution in [3.8, 4) is 0 Å². The van der Waals surface area contributed by atoms with Gasteiger partial charge in [-0.25, -0.2) is 14.8 Å². The summed E-state index contributed by atoms with van der Waals surface area (Å²) in [6.07, 6.45) is 3.24. The number of aromatic amines is 1. The van der Waals surface area contributed by atoms with Gasteiger partial charge in [0.05, 0.1) is 5.70 Å². The first-order valence-electron chi connectivity index (χ1n) is 3.10. The van der Waals surface area contributed by atoms with Crippen molar-refractivity contribution in [2.45, 2.75) is 0 Å². The van der Waals surface area contributed by atoms with E-state index in [1.165, 1.54) is 6.20 Å². The third kappa shape index (κ3) is 0.881. The summed E-state index contributed by atoms with van der Waals surface area (Å²) in [5.74, 6) is 0. The number of nitrogens with zero attached hydrogens (tertiary/aromatic N) is 2. The average Bonchev–Trinajstić information content (AvgIpc) is 2.27. The number of fused-ring (bicyclic) bond motifs is 1. The zero-order valence-corrected chi connectivity index (χ0v) is 5.66. The van der Waals surface area contributed by atoms with Gasteiger partial charge in [-0.05, 0) is 6.08 Å². The van der Waals surface area contributed by atoms with E-state index < -0.39 is 0 Å². The zero-order valence-electron chi connectivity index (χ0n) is 5.66. The first kappa shape index (κ1) is 6.03. The Morgan fingerprint density at radius 2 is 2.36 bits per heavy atom. The largest absolute Gasteiger partial charge is 0.346 e. The SMILES string of the molecule is C=C1C=c2cnc(=O)[nH]c2=N1. The second kappa shape index (κ2) is 1.88. The van der Waals surface area contributed by atoms with Gasteiger partial charge in [-0.15, -0.1) is 0 Å². The van der Waals surface area contributed by atoms with Crippen LogP contribution in [0.5, 0.6) is 0 Å². The van der Waals surface area contributed by atoms with Gasteiger partial charge in [0.2, 0.25) is 0 Å². The van der Waals surface area contributed by atoms with E-state index in [-0.39, 0.29) is 5.69 Å². The third-order valence-corrected chi connectivity index (χ3v) is 1.40. The normalized spacial score (nSPS) is 13.6. The molecule has 0 spiro atoms. The van der Waals surface area contributed by atoms with Crippen molar-refractivity contribution in [2.24, 2.45) is 4.99 Å². The fraction of sp³-hybridized carbons (Fsp3) is 0. The molecule has 0 atom stereocenters. The van der Waals surface area contributed by atoms with E-state index >= 15 is 0 Å². The fourth-order valence-electron chi connectivity index (χ4n) is 0.949. The lowest BCUT2D eigenvalue weighted by atomic mass is 10.4. The van der Waals surface area contributed by atoms with Gasteiger partial charge in [0.1, 0.15) is 5.49 Å². The predicted octanol–water partition coefficient (Wildman–Crippen LogP) is -1.30. The van der Waals surface area contributed by atoms with Gasteiger partial charge in [-0.3, -0.25) is 4.98 Å². The molecule has 0 unspecified atom stereocenters. The summed E-state index contributed by atoms with van der Waals surface area (Å²) >= 11 is 0. The summed E-state index contributed by atoms with van der Waals surface area (Å²) in [4.78, 5) is 20.7. The summed E-state index contributed by atoms with van der Waals surface area (Å²) in [5.41, 5.74) is 0.814. The first-order chi connectivity index (χ1) is 5.25. The second-order valence-corrected chi connectivity index (χ2v) is 2.24. The Morgan fingerprint density at radius 1 is 1.55 bits per heavy atom. The van der Waals surface area contributed by atoms with Gasteiger partial charge < -0.3 is 0 Å². The molecule has 0 aromatic carbocycles. The average molecular weight is 147 g/mol. The number of hydrogen-bond acceptors (Lipinski definition) is 3. The Balaban J connectivity index is 3.00. The maximum atomic E-state index is 10.7. The number of allylic oxidation sites excluding steroid dienone is 1. The maximum Gasteiger partial charge on any atom is 0.346 e. The lowest BCUT2D eigenvalue weighted by Gasteiger charge is -1.79. The van der Waals surface area contributed by atoms with Crippen molar-refractivity contribution in [3.63, 3.8) is 0 Å². The van der Waals surface area contributed by atoms with E-state index in [2.05, 4.69) is 21.5 Å². The Morgan fingerprint density at radius 3 is 3.18 bits per heavy atom. The molecular weight excluding hydrogens is 142 g/mol. The molecule has 1 aromatic heterocycles. The van der Waals surface area contributed by atoms with Gasteiger partial charge in [0.25, 0.3) is 0 Å². The topological polar surface area (TPSA) is 58.1 Å². The van der Waals surface area contributed by atoms with E-state index in [9.17, 15) is 4.79 Å². The molecule has 54 valence electrons. The quantitative estimate of drug-likeness (QED) is 0.495. The highest BCUT2D eigenvalue weighted by Gasteiger charge is 1.97. The van der Waals surface area contributed by atoms with Crippen LogP contribution in [0.25, 0.3) is 6.08 Å². The number of nitrogens with one attached hydrogen (secondary N) is 1. The van der Waals surface area contributed by atoms with Crippen LogP contribution >= 0.6 is 0 Å². The summed E-state index contributed by atoms with van der Waals surface area (Å²) in [7, 11) is 0. The van der Waals surface area contributed by atoms with E-state index in [4.69, 9.17) is 0 Å². The zero-order chi connectivity index (χ0) is 7.84. The highest BCUT2D eigenvalue weighted by molar-refractivity contribution is 5.45.